The summed E-state index contributed by atoms with van der Waals surface area (Å²) >= 11 is 0. The number of hydrogen-bond donors (Lipinski definition) is 2. The van der Waals surface area contributed by atoms with Gasteiger partial charge in [0.15, 0.2) is 0 Å². The van der Waals surface area contributed by atoms with E-state index in [1.165, 1.54) is 5.56 Å². The van der Waals surface area contributed by atoms with Crippen molar-refractivity contribution in [2.45, 2.75) is 19.3 Å². The molecule has 0 radical (unpaired) electrons. The van der Waals surface area contributed by atoms with Crippen LogP contribution in [0.5, 0.6) is 5.75 Å². The first kappa shape index (κ1) is 9.98. The topological polar surface area (TPSA) is 64.4 Å². The number of amides is 1. The van der Waals surface area contributed by atoms with Crippen molar-refractivity contribution in [2.75, 3.05) is 6.61 Å². The van der Waals surface area contributed by atoms with Gasteiger partial charge in [-0.2, -0.15) is 0 Å². The van der Waals surface area contributed by atoms with Gasteiger partial charge in [-0.1, -0.05) is 12.1 Å². The third-order valence-corrected chi connectivity index (χ3v) is 2.75. The van der Waals surface area contributed by atoms with E-state index in [1.807, 2.05) is 25.1 Å². The van der Waals surface area contributed by atoms with Crippen LogP contribution in [-0.2, 0) is 11.2 Å². The molecule has 1 aromatic carbocycles. The molecule has 0 fully saturated rings. The Bertz CT molecular complexity index is 390. The fourth-order valence-corrected chi connectivity index (χ4v) is 1.75. The molecule has 1 aliphatic rings. The van der Waals surface area contributed by atoms with Crippen LogP contribution < -0.4 is 16.0 Å². The smallest absolute Gasteiger partial charge is 0.241 e. The molecule has 4 nitrogen and oxygen atoms in total. The maximum Gasteiger partial charge on any atom is 0.241 e. The SMILES string of the molecule is CC(C(=O)NN)c1ccc2c(c1)CCO2. The molecule has 0 aliphatic carbocycles. The molecule has 1 heterocycles. The Hall–Kier alpha value is -1.55. The quantitative estimate of drug-likeness (QED) is 0.425. The van der Waals surface area contributed by atoms with Gasteiger partial charge in [-0.05, 0) is 24.1 Å². The highest BCUT2D eigenvalue weighted by molar-refractivity contribution is 5.82. The van der Waals surface area contributed by atoms with Crippen LogP contribution in [0, 0.1) is 0 Å². The minimum atomic E-state index is -0.221. The van der Waals surface area contributed by atoms with Gasteiger partial charge in [0.2, 0.25) is 5.91 Å². The van der Waals surface area contributed by atoms with Crippen LogP contribution in [0.25, 0.3) is 0 Å². The average molecular weight is 206 g/mol. The van der Waals surface area contributed by atoms with Crippen LogP contribution in [0.2, 0.25) is 0 Å². The number of nitrogens with one attached hydrogen (secondary N) is 1. The van der Waals surface area contributed by atoms with Crippen molar-refractivity contribution in [3.8, 4) is 5.75 Å². The first-order chi connectivity index (χ1) is 7.22. The summed E-state index contributed by atoms with van der Waals surface area (Å²) in [4.78, 5) is 11.3. The van der Waals surface area contributed by atoms with E-state index in [-0.39, 0.29) is 11.8 Å². The lowest BCUT2D eigenvalue weighted by molar-refractivity contribution is -0.122. The van der Waals surface area contributed by atoms with Gasteiger partial charge in [0.05, 0.1) is 12.5 Å². The number of hydrazine groups is 1. The summed E-state index contributed by atoms with van der Waals surface area (Å²) in [6.07, 6.45) is 0.917. The van der Waals surface area contributed by atoms with Crippen LogP contribution in [0.15, 0.2) is 18.2 Å². The zero-order valence-corrected chi connectivity index (χ0v) is 8.62. The summed E-state index contributed by atoms with van der Waals surface area (Å²) in [6.45, 7) is 2.57. The highest BCUT2D eigenvalue weighted by atomic mass is 16.5. The Morgan fingerprint density at radius 2 is 2.40 bits per heavy atom. The van der Waals surface area contributed by atoms with E-state index in [2.05, 4.69) is 5.43 Å². The third kappa shape index (κ3) is 1.80. The Kier molecular flexibility index (Phi) is 2.60. The van der Waals surface area contributed by atoms with Gasteiger partial charge < -0.3 is 4.74 Å². The van der Waals surface area contributed by atoms with Crippen molar-refractivity contribution in [1.82, 2.24) is 5.43 Å². The normalized spacial score (nSPS) is 15.3. The van der Waals surface area contributed by atoms with Crippen molar-refractivity contribution in [2.24, 2.45) is 5.84 Å². The molecule has 1 aliphatic heterocycles. The van der Waals surface area contributed by atoms with Crippen molar-refractivity contribution >= 4 is 5.91 Å². The predicted molar refractivity (Wildman–Crippen MR) is 56.4 cm³/mol. The predicted octanol–water partition coefficient (Wildman–Crippen LogP) is 0.715. The molecule has 1 amide bonds. The summed E-state index contributed by atoms with van der Waals surface area (Å²) in [5, 5.41) is 0. The van der Waals surface area contributed by atoms with Crippen molar-refractivity contribution in [1.29, 1.82) is 0 Å². The molecule has 0 spiro atoms. The molecule has 15 heavy (non-hydrogen) atoms. The zero-order chi connectivity index (χ0) is 10.8. The average Bonchev–Trinajstić information content (AvgIpc) is 2.73. The molecular formula is C11H14N2O2. The standard InChI is InChI=1S/C11H14N2O2/c1-7(11(14)13-12)8-2-3-10-9(6-8)4-5-15-10/h2-3,6-7H,4-5,12H2,1H3,(H,13,14). The molecule has 1 atom stereocenters. The second-order valence-corrected chi connectivity index (χ2v) is 3.70. The van der Waals surface area contributed by atoms with Crippen LogP contribution in [0.1, 0.15) is 24.0 Å². The Morgan fingerprint density at radius 1 is 1.60 bits per heavy atom. The van der Waals surface area contributed by atoms with Gasteiger partial charge in [-0.25, -0.2) is 5.84 Å². The van der Waals surface area contributed by atoms with Gasteiger partial charge in [0.25, 0.3) is 0 Å². The summed E-state index contributed by atoms with van der Waals surface area (Å²) < 4.78 is 5.39. The number of ether oxygens (including phenoxy) is 1. The largest absolute Gasteiger partial charge is 0.493 e. The number of rotatable bonds is 2. The van der Waals surface area contributed by atoms with Crippen molar-refractivity contribution < 1.29 is 9.53 Å². The highest BCUT2D eigenvalue weighted by Gasteiger charge is 2.18. The maximum absolute atomic E-state index is 11.3. The van der Waals surface area contributed by atoms with E-state index in [4.69, 9.17) is 10.6 Å². The minimum Gasteiger partial charge on any atom is -0.493 e. The van der Waals surface area contributed by atoms with Gasteiger partial charge in [0.1, 0.15) is 5.75 Å². The molecule has 1 aromatic rings. The summed E-state index contributed by atoms with van der Waals surface area (Å²) in [5.41, 5.74) is 4.31. The van der Waals surface area contributed by atoms with Gasteiger partial charge in [-0.15, -0.1) is 0 Å². The first-order valence-corrected chi connectivity index (χ1v) is 4.98. The lowest BCUT2D eigenvalue weighted by Gasteiger charge is -2.10. The van der Waals surface area contributed by atoms with E-state index in [1.54, 1.807) is 0 Å². The minimum absolute atomic E-state index is 0.172. The second kappa shape index (κ2) is 3.90. The van der Waals surface area contributed by atoms with Crippen molar-refractivity contribution in [3.63, 3.8) is 0 Å². The molecular weight excluding hydrogens is 192 g/mol. The van der Waals surface area contributed by atoms with Gasteiger partial charge >= 0.3 is 0 Å². The molecule has 0 saturated carbocycles. The molecule has 4 heteroatoms. The third-order valence-electron chi connectivity index (χ3n) is 2.75. The van der Waals surface area contributed by atoms with E-state index in [9.17, 15) is 4.79 Å². The van der Waals surface area contributed by atoms with Gasteiger partial charge in [0, 0.05) is 6.42 Å². The number of benzene rings is 1. The molecule has 2 rings (SSSR count). The Labute approximate surface area is 88.4 Å². The van der Waals surface area contributed by atoms with Crippen molar-refractivity contribution in [3.05, 3.63) is 29.3 Å². The fourth-order valence-electron chi connectivity index (χ4n) is 1.75. The van der Waals surface area contributed by atoms with Crippen LogP contribution in [0.4, 0.5) is 0 Å². The molecule has 0 saturated heterocycles. The molecule has 0 aromatic heterocycles. The lowest BCUT2D eigenvalue weighted by Crippen LogP contribution is -2.33. The molecule has 1 unspecified atom stereocenters. The van der Waals surface area contributed by atoms with E-state index in [0.717, 1.165) is 24.3 Å². The summed E-state index contributed by atoms with van der Waals surface area (Å²) in [6, 6.07) is 5.84. The maximum atomic E-state index is 11.3. The molecule has 3 N–H and O–H groups in total. The molecule has 0 bridgehead atoms. The van der Waals surface area contributed by atoms with E-state index in [0.29, 0.717) is 0 Å². The van der Waals surface area contributed by atoms with Crippen LogP contribution in [-0.4, -0.2) is 12.5 Å². The summed E-state index contributed by atoms with van der Waals surface area (Å²) in [5.74, 6) is 5.63. The monoisotopic (exact) mass is 206 g/mol. The van der Waals surface area contributed by atoms with E-state index >= 15 is 0 Å². The number of nitrogens with two attached hydrogens (primary N) is 1. The van der Waals surface area contributed by atoms with E-state index < -0.39 is 0 Å². The number of carbonyl (C=O) groups excluding carboxylic acids is 1. The van der Waals surface area contributed by atoms with Crippen LogP contribution >= 0.6 is 0 Å². The Morgan fingerprint density at radius 3 is 3.13 bits per heavy atom. The fraction of sp³-hybridized carbons (Fsp3) is 0.364. The first-order valence-electron chi connectivity index (χ1n) is 4.98. The number of carbonyl (C=O) groups is 1. The lowest BCUT2D eigenvalue weighted by atomic mass is 9.98. The number of hydrogen-bond acceptors (Lipinski definition) is 3. The second-order valence-electron chi connectivity index (χ2n) is 3.70. The van der Waals surface area contributed by atoms with Crippen LogP contribution in [0.3, 0.4) is 0 Å². The Balaban J connectivity index is 2.26. The number of fused-ring (bicyclic) bond motifs is 1. The zero-order valence-electron chi connectivity index (χ0n) is 8.62. The summed E-state index contributed by atoms with van der Waals surface area (Å²) in [7, 11) is 0. The molecule has 80 valence electrons. The van der Waals surface area contributed by atoms with Gasteiger partial charge in [-0.3, -0.25) is 10.2 Å². The highest BCUT2D eigenvalue weighted by Crippen LogP contribution is 2.28.